The Morgan fingerprint density at radius 2 is 1.89 bits per heavy atom. The normalized spacial score (nSPS) is 20.6. The minimum absolute atomic E-state index is 0.0302. The monoisotopic (exact) mass is 322 g/mol. The number of amides is 1. The van der Waals surface area contributed by atoms with Crippen molar-refractivity contribution in [1.82, 2.24) is 4.31 Å². The fraction of sp³-hybridized carbons (Fsp3) is 0.364. The second-order valence-corrected chi connectivity index (χ2v) is 6.87. The highest BCUT2D eigenvalue weighted by atomic mass is 35.5. The number of rotatable bonds is 3. The van der Waals surface area contributed by atoms with Gasteiger partial charge >= 0.3 is 0 Å². The largest absolute Gasteiger partial charge is 0.368 e. The maximum absolute atomic E-state index is 12.5. The summed E-state index contributed by atoms with van der Waals surface area (Å²) in [5.74, 6) is -0.663. The van der Waals surface area contributed by atoms with Crippen molar-refractivity contribution >= 4 is 39.1 Å². The number of hydrogen-bond donors (Lipinski definition) is 1. The van der Waals surface area contributed by atoms with Crippen LogP contribution >= 0.6 is 23.2 Å². The first-order chi connectivity index (χ1) is 8.85. The smallest absolute Gasteiger partial charge is 0.246 e. The number of benzene rings is 1. The fourth-order valence-corrected chi connectivity index (χ4v) is 4.92. The van der Waals surface area contributed by atoms with Crippen LogP contribution in [0.15, 0.2) is 23.1 Å². The minimum atomic E-state index is -3.93. The highest BCUT2D eigenvalue weighted by molar-refractivity contribution is 7.89. The molecule has 1 amide bonds. The molecule has 0 saturated carbocycles. The van der Waals surface area contributed by atoms with E-state index in [0.717, 1.165) is 4.31 Å². The van der Waals surface area contributed by atoms with E-state index in [0.29, 0.717) is 12.8 Å². The molecule has 1 aliphatic heterocycles. The maximum Gasteiger partial charge on any atom is 0.246 e. The van der Waals surface area contributed by atoms with E-state index in [-0.39, 0.29) is 21.5 Å². The Labute approximate surface area is 121 Å². The first-order valence-corrected chi connectivity index (χ1v) is 7.80. The Kier molecular flexibility index (Phi) is 4.06. The number of halogens is 2. The number of carbonyl (C=O) groups excluding carboxylic acids is 1. The molecule has 1 aromatic carbocycles. The number of nitrogens with zero attached hydrogens (tertiary/aromatic N) is 1. The molecule has 2 rings (SSSR count). The van der Waals surface area contributed by atoms with Crippen LogP contribution < -0.4 is 5.73 Å². The van der Waals surface area contributed by atoms with E-state index < -0.39 is 22.0 Å². The molecule has 1 atom stereocenters. The van der Waals surface area contributed by atoms with Crippen molar-refractivity contribution < 1.29 is 13.2 Å². The van der Waals surface area contributed by atoms with Gasteiger partial charge in [-0.1, -0.05) is 29.3 Å². The maximum atomic E-state index is 12.5. The summed E-state index contributed by atoms with van der Waals surface area (Å²) in [6.07, 6.45) is 0.992. The van der Waals surface area contributed by atoms with Crippen molar-refractivity contribution in [1.29, 1.82) is 0 Å². The molecule has 19 heavy (non-hydrogen) atoms. The zero-order valence-electron chi connectivity index (χ0n) is 9.84. The van der Waals surface area contributed by atoms with E-state index in [1.807, 2.05) is 0 Å². The first-order valence-electron chi connectivity index (χ1n) is 5.61. The lowest BCUT2D eigenvalue weighted by molar-refractivity contribution is -0.121. The van der Waals surface area contributed by atoms with Crippen LogP contribution in [-0.2, 0) is 14.8 Å². The van der Waals surface area contributed by atoms with Gasteiger partial charge in [0.15, 0.2) is 0 Å². The zero-order valence-corrected chi connectivity index (χ0v) is 12.2. The van der Waals surface area contributed by atoms with E-state index in [9.17, 15) is 13.2 Å². The second-order valence-electron chi connectivity index (χ2n) is 4.23. The van der Waals surface area contributed by atoms with Crippen molar-refractivity contribution in [2.75, 3.05) is 6.54 Å². The number of nitrogens with two attached hydrogens (primary N) is 1. The Balaban J connectivity index is 2.51. The van der Waals surface area contributed by atoms with Crippen LogP contribution in [0.1, 0.15) is 12.8 Å². The molecule has 0 aliphatic carbocycles. The standard InChI is InChI=1S/C11H12Cl2N2O3S/c12-7-3-1-4-8(13)10(7)19(17,18)15-6-2-5-9(15)11(14)16/h1,3-4,9H,2,5-6H2,(H2,14,16)/t9-/m0/s1. The van der Waals surface area contributed by atoms with Gasteiger partial charge in [0.25, 0.3) is 0 Å². The molecule has 0 spiro atoms. The molecule has 1 aliphatic rings. The predicted molar refractivity (Wildman–Crippen MR) is 72.6 cm³/mol. The lowest BCUT2D eigenvalue weighted by atomic mass is 10.2. The molecule has 1 saturated heterocycles. The Morgan fingerprint density at radius 1 is 1.32 bits per heavy atom. The summed E-state index contributed by atoms with van der Waals surface area (Å²) in [6.45, 7) is 0.234. The van der Waals surface area contributed by atoms with Gasteiger partial charge in [0.05, 0.1) is 10.0 Å². The third-order valence-electron chi connectivity index (χ3n) is 3.02. The van der Waals surface area contributed by atoms with E-state index in [1.165, 1.54) is 12.1 Å². The van der Waals surface area contributed by atoms with Gasteiger partial charge in [0.1, 0.15) is 10.9 Å². The second kappa shape index (κ2) is 5.28. The van der Waals surface area contributed by atoms with Crippen LogP contribution in [0.25, 0.3) is 0 Å². The molecule has 0 bridgehead atoms. The van der Waals surface area contributed by atoms with Crippen molar-refractivity contribution in [2.24, 2.45) is 5.73 Å². The van der Waals surface area contributed by atoms with Gasteiger partial charge in [-0.25, -0.2) is 8.42 Å². The molecule has 1 heterocycles. The first kappa shape index (κ1) is 14.6. The predicted octanol–water partition coefficient (Wildman–Crippen LogP) is 1.63. The molecule has 1 fully saturated rings. The molecule has 0 radical (unpaired) electrons. The van der Waals surface area contributed by atoms with Crippen LogP contribution in [0.2, 0.25) is 10.0 Å². The quantitative estimate of drug-likeness (QED) is 0.918. The molecular formula is C11H12Cl2N2O3S. The van der Waals surface area contributed by atoms with Crippen LogP contribution in [0.4, 0.5) is 0 Å². The number of carbonyl (C=O) groups is 1. The van der Waals surface area contributed by atoms with Crippen molar-refractivity contribution in [3.8, 4) is 0 Å². The Morgan fingerprint density at radius 3 is 2.42 bits per heavy atom. The van der Waals surface area contributed by atoms with Gasteiger partial charge in [0.2, 0.25) is 15.9 Å². The van der Waals surface area contributed by atoms with Gasteiger partial charge < -0.3 is 5.73 Å². The van der Waals surface area contributed by atoms with Crippen LogP contribution in [0.5, 0.6) is 0 Å². The highest BCUT2D eigenvalue weighted by Gasteiger charge is 2.40. The van der Waals surface area contributed by atoms with Gasteiger partial charge in [-0.15, -0.1) is 0 Å². The molecule has 0 aromatic heterocycles. The minimum Gasteiger partial charge on any atom is -0.368 e. The average Bonchev–Trinajstić information content (AvgIpc) is 2.77. The summed E-state index contributed by atoms with van der Waals surface area (Å²) in [5, 5.41) is 0.0604. The molecule has 0 unspecified atom stereocenters. The average molecular weight is 323 g/mol. The van der Waals surface area contributed by atoms with E-state index in [2.05, 4.69) is 0 Å². The van der Waals surface area contributed by atoms with E-state index >= 15 is 0 Å². The lowest BCUT2D eigenvalue weighted by Crippen LogP contribution is -2.43. The van der Waals surface area contributed by atoms with Crippen molar-refractivity contribution in [2.45, 2.75) is 23.8 Å². The van der Waals surface area contributed by atoms with Crippen LogP contribution in [0, 0.1) is 0 Å². The third-order valence-corrected chi connectivity index (χ3v) is 5.88. The highest BCUT2D eigenvalue weighted by Crippen LogP contribution is 2.34. The number of primary amides is 1. The Hall–Kier alpha value is -0.820. The summed E-state index contributed by atoms with van der Waals surface area (Å²) in [4.78, 5) is 11.1. The zero-order chi connectivity index (χ0) is 14.2. The van der Waals surface area contributed by atoms with Crippen LogP contribution in [-0.4, -0.2) is 31.2 Å². The summed E-state index contributed by atoms with van der Waals surface area (Å²) in [5.41, 5.74) is 5.23. The summed E-state index contributed by atoms with van der Waals surface area (Å²) < 4.78 is 26.2. The lowest BCUT2D eigenvalue weighted by Gasteiger charge is -2.22. The topological polar surface area (TPSA) is 80.5 Å². The third kappa shape index (κ3) is 2.58. The fourth-order valence-electron chi connectivity index (χ4n) is 2.16. The molecule has 1 aromatic rings. The molecule has 2 N–H and O–H groups in total. The van der Waals surface area contributed by atoms with Gasteiger partial charge in [-0.2, -0.15) is 4.31 Å². The molecular weight excluding hydrogens is 311 g/mol. The van der Waals surface area contributed by atoms with E-state index in [4.69, 9.17) is 28.9 Å². The molecule has 104 valence electrons. The van der Waals surface area contributed by atoms with Crippen molar-refractivity contribution in [3.05, 3.63) is 28.2 Å². The van der Waals surface area contributed by atoms with Gasteiger partial charge in [0, 0.05) is 6.54 Å². The summed E-state index contributed by atoms with van der Waals surface area (Å²) >= 11 is 11.8. The van der Waals surface area contributed by atoms with Crippen LogP contribution in [0.3, 0.4) is 0 Å². The van der Waals surface area contributed by atoms with Gasteiger partial charge in [-0.3, -0.25) is 4.79 Å². The number of sulfonamides is 1. The summed E-state index contributed by atoms with van der Waals surface area (Å²) in [6, 6.07) is 3.60. The van der Waals surface area contributed by atoms with E-state index in [1.54, 1.807) is 6.07 Å². The number of hydrogen-bond acceptors (Lipinski definition) is 3. The Bertz CT molecular complexity index is 598. The SMILES string of the molecule is NC(=O)[C@@H]1CCCN1S(=O)(=O)c1c(Cl)cccc1Cl. The molecule has 8 heteroatoms. The molecule has 5 nitrogen and oxygen atoms in total. The summed E-state index contributed by atoms with van der Waals surface area (Å²) in [7, 11) is -3.93. The van der Waals surface area contributed by atoms with Gasteiger partial charge in [-0.05, 0) is 25.0 Å². The van der Waals surface area contributed by atoms with Crippen molar-refractivity contribution in [3.63, 3.8) is 0 Å².